The first-order valence-electron chi connectivity index (χ1n) is 7.79. The van der Waals surface area contributed by atoms with Crippen LogP contribution in [0.5, 0.6) is 0 Å². The van der Waals surface area contributed by atoms with Crippen LogP contribution < -0.4 is 0 Å². The molecule has 0 aliphatic heterocycles. The van der Waals surface area contributed by atoms with Crippen molar-refractivity contribution in [3.05, 3.63) is 11.9 Å². The second-order valence-corrected chi connectivity index (χ2v) is 5.95. The lowest BCUT2D eigenvalue weighted by molar-refractivity contribution is -0.132. The fourth-order valence-corrected chi connectivity index (χ4v) is 1.95. The van der Waals surface area contributed by atoms with Crippen molar-refractivity contribution in [2.75, 3.05) is 13.1 Å². The molecule has 0 aliphatic rings. The van der Waals surface area contributed by atoms with Crippen molar-refractivity contribution >= 4 is 5.91 Å². The van der Waals surface area contributed by atoms with E-state index in [0.717, 1.165) is 38.8 Å². The summed E-state index contributed by atoms with van der Waals surface area (Å²) in [7, 11) is 0. The maximum Gasteiger partial charge on any atom is 0.244 e. The molecular formula is C15H28N4O2. The summed E-state index contributed by atoms with van der Waals surface area (Å²) in [6.07, 6.45) is 5.81. The molecule has 1 aromatic rings. The fourth-order valence-electron chi connectivity index (χ4n) is 1.95. The first-order chi connectivity index (χ1) is 9.88. The molecule has 1 N–H and O–H groups in total. The van der Waals surface area contributed by atoms with Crippen LogP contribution in [-0.4, -0.2) is 44.0 Å². The lowest BCUT2D eigenvalue weighted by Crippen LogP contribution is -2.35. The Labute approximate surface area is 127 Å². The molecule has 120 valence electrons. The summed E-state index contributed by atoms with van der Waals surface area (Å²) < 4.78 is 1.50. The quantitative estimate of drug-likeness (QED) is 0.756. The van der Waals surface area contributed by atoms with Crippen LogP contribution in [0.1, 0.15) is 59.1 Å². The smallest absolute Gasteiger partial charge is 0.244 e. The van der Waals surface area contributed by atoms with Crippen LogP contribution in [0.15, 0.2) is 6.20 Å². The first-order valence-corrected chi connectivity index (χ1v) is 7.79. The van der Waals surface area contributed by atoms with Crippen LogP contribution in [0.4, 0.5) is 0 Å². The molecule has 0 saturated heterocycles. The average molecular weight is 296 g/mol. The maximum absolute atomic E-state index is 12.4. The van der Waals surface area contributed by atoms with E-state index in [9.17, 15) is 9.90 Å². The van der Waals surface area contributed by atoms with Gasteiger partial charge in [0.25, 0.3) is 0 Å². The van der Waals surface area contributed by atoms with Gasteiger partial charge in [0.2, 0.25) is 5.91 Å². The fraction of sp³-hybridized carbons (Fsp3) is 0.800. The number of aromatic nitrogens is 3. The average Bonchev–Trinajstić information content (AvgIpc) is 2.87. The monoisotopic (exact) mass is 296 g/mol. The van der Waals surface area contributed by atoms with Gasteiger partial charge in [0, 0.05) is 13.1 Å². The third kappa shape index (κ3) is 5.83. The number of carbonyl (C=O) groups is 1. The number of hydrogen-bond donors (Lipinski definition) is 1. The lowest BCUT2D eigenvalue weighted by Gasteiger charge is -2.22. The van der Waals surface area contributed by atoms with Gasteiger partial charge >= 0.3 is 0 Å². The zero-order valence-electron chi connectivity index (χ0n) is 13.7. The molecule has 6 heteroatoms. The van der Waals surface area contributed by atoms with E-state index < -0.39 is 5.60 Å². The minimum Gasteiger partial charge on any atom is -0.384 e. The summed E-state index contributed by atoms with van der Waals surface area (Å²) in [4.78, 5) is 14.3. The van der Waals surface area contributed by atoms with Crippen molar-refractivity contribution < 1.29 is 9.90 Å². The Morgan fingerprint density at radius 2 is 1.86 bits per heavy atom. The third-order valence-corrected chi connectivity index (χ3v) is 3.38. The molecule has 0 bridgehead atoms. The zero-order chi connectivity index (χ0) is 15.9. The first kappa shape index (κ1) is 17.6. The topological polar surface area (TPSA) is 71.2 Å². The largest absolute Gasteiger partial charge is 0.384 e. The van der Waals surface area contributed by atoms with E-state index in [0.29, 0.717) is 5.69 Å². The molecule has 1 aromatic heterocycles. The van der Waals surface area contributed by atoms with Crippen LogP contribution in [0.25, 0.3) is 0 Å². The number of nitrogens with zero attached hydrogens (tertiary/aromatic N) is 4. The molecular weight excluding hydrogens is 268 g/mol. The molecule has 0 radical (unpaired) electrons. The summed E-state index contributed by atoms with van der Waals surface area (Å²) in [5, 5.41) is 17.7. The molecule has 6 nitrogen and oxygen atoms in total. The van der Waals surface area contributed by atoms with Crippen molar-refractivity contribution in [3.8, 4) is 0 Å². The molecule has 0 saturated carbocycles. The molecule has 1 amide bonds. The van der Waals surface area contributed by atoms with Crippen molar-refractivity contribution in [1.29, 1.82) is 0 Å². The summed E-state index contributed by atoms with van der Waals surface area (Å²) in [6, 6.07) is 0. The molecule has 0 spiro atoms. The molecule has 0 aromatic carbocycles. The second kappa shape index (κ2) is 8.12. The highest BCUT2D eigenvalue weighted by atomic mass is 16.3. The predicted molar refractivity (Wildman–Crippen MR) is 81.7 cm³/mol. The summed E-state index contributed by atoms with van der Waals surface area (Å²) in [5.41, 5.74) is -0.560. The van der Waals surface area contributed by atoms with E-state index in [1.165, 1.54) is 4.68 Å². The van der Waals surface area contributed by atoms with Crippen LogP contribution in [-0.2, 0) is 16.9 Å². The van der Waals surface area contributed by atoms with Gasteiger partial charge in [0.1, 0.15) is 17.8 Å². The number of carbonyl (C=O) groups excluding carboxylic acids is 1. The van der Waals surface area contributed by atoms with Gasteiger partial charge in [0.05, 0.1) is 6.20 Å². The standard InChI is InChI=1S/C15H28N4O2/c1-5-7-9-18(10-8-6-2)14(20)12-19-11-13(16-17-19)15(3,4)21/h11,21H,5-10,12H2,1-4H3. The SMILES string of the molecule is CCCCN(CCCC)C(=O)Cn1cc(C(C)(C)O)nn1. The Morgan fingerprint density at radius 3 is 2.29 bits per heavy atom. The highest BCUT2D eigenvalue weighted by molar-refractivity contribution is 5.75. The van der Waals surface area contributed by atoms with Gasteiger partial charge in [-0.15, -0.1) is 5.10 Å². The Bertz CT molecular complexity index is 429. The molecule has 0 unspecified atom stereocenters. The van der Waals surface area contributed by atoms with Gasteiger partial charge in [-0.2, -0.15) is 0 Å². The number of amides is 1. The van der Waals surface area contributed by atoms with E-state index in [1.807, 2.05) is 4.90 Å². The van der Waals surface area contributed by atoms with Crippen LogP contribution in [0, 0.1) is 0 Å². The molecule has 1 rings (SSSR count). The highest BCUT2D eigenvalue weighted by Crippen LogP contribution is 2.15. The van der Waals surface area contributed by atoms with Gasteiger partial charge in [-0.25, -0.2) is 4.68 Å². The number of rotatable bonds is 9. The minimum absolute atomic E-state index is 0.0593. The van der Waals surface area contributed by atoms with Gasteiger partial charge in [-0.1, -0.05) is 31.9 Å². The second-order valence-electron chi connectivity index (χ2n) is 5.95. The number of aliphatic hydroxyl groups is 1. The van der Waals surface area contributed by atoms with Crippen molar-refractivity contribution in [1.82, 2.24) is 19.9 Å². The number of unbranched alkanes of at least 4 members (excludes halogenated alkanes) is 2. The third-order valence-electron chi connectivity index (χ3n) is 3.38. The molecule has 0 atom stereocenters. The zero-order valence-corrected chi connectivity index (χ0v) is 13.7. The Kier molecular flexibility index (Phi) is 6.81. The van der Waals surface area contributed by atoms with Gasteiger partial charge in [-0.3, -0.25) is 4.79 Å². The molecule has 1 heterocycles. The van der Waals surface area contributed by atoms with E-state index in [1.54, 1.807) is 20.0 Å². The van der Waals surface area contributed by atoms with Gasteiger partial charge < -0.3 is 10.0 Å². The van der Waals surface area contributed by atoms with Crippen LogP contribution in [0.2, 0.25) is 0 Å². The van der Waals surface area contributed by atoms with Gasteiger partial charge in [0.15, 0.2) is 0 Å². The van der Waals surface area contributed by atoms with E-state index in [-0.39, 0.29) is 12.5 Å². The Morgan fingerprint density at radius 1 is 1.29 bits per heavy atom. The summed E-state index contributed by atoms with van der Waals surface area (Å²) in [5.74, 6) is 0.0593. The van der Waals surface area contributed by atoms with Crippen molar-refractivity contribution in [3.63, 3.8) is 0 Å². The minimum atomic E-state index is -1.04. The summed E-state index contributed by atoms with van der Waals surface area (Å²) >= 11 is 0. The van der Waals surface area contributed by atoms with Crippen LogP contribution in [0.3, 0.4) is 0 Å². The van der Waals surface area contributed by atoms with E-state index in [4.69, 9.17) is 0 Å². The Balaban J connectivity index is 2.65. The van der Waals surface area contributed by atoms with Crippen molar-refractivity contribution in [2.24, 2.45) is 0 Å². The molecule has 21 heavy (non-hydrogen) atoms. The normalized spacial score (nSPS) is 11.7. The predicted octanol–water partition coefficient (Wildman–Crippen LogP) is 1.93. The Hall–Kier alpha value is -1.43. The van der Waals surface area contributed by atoms with Crippen LogP contribution >= 0.6 is 0 Å². The summed E-state index contributed by atoms with van der Waals surface area (Å²) in [6.45, 7) is 9.31. The van der Waals surface area contributed by atoms with E-state index in [2.05, 4.69) is 24.2 Å². The van der Waals surface area contributed by atoms with E-state index >= 15 is 0 Å². The van der Waals surface area contributed by atoms with Crippen molar-refractivity contribution in [2.45, 2.75) is 65.5 Å². The maximum atomic E-state index is 12.4. The van der Waals surface area contributed by atoms with Gasteiger partial charge in [-0.05, 0) is 26.7 Å². The number of hydrogen-bond acceptors (Lipinski definition) is 4. The lowest BCUT2D eigenvalue weighted by atomic mass is 10.1. The molecule has 0 aliphatic carbocycles. The molecule has 0 fully saturated rings. The highest BCUT2D eigenvalue weighted by Gasteiger charge is 2.21.